The van der Waals surface area contributed by atoms with Crippen LogP contribution in [0.2, 0.25) is 0 Å². The molecule has 2 heteroatoms. The van der Waals surface area contributed by atoms with Gasteiger partial charge in [-0.3, -0.25) is 0 Å². The second-order valence-corrected chi connectivity index (χ2v) is 2.96. The molecule has 0 amide bonds. The molecule has 0 aromatic heterocycles. The minimum atomic E-state index is 0.912. The van der Waals surface area contributed by atoms with E-state index in [2.05, 4.69) is 16.2 Å². The van der Waals surface area contributed by atoms with Crippen molar-refractivity contribution in [2.24, 2.45) is 5.73 Å². The van der Waals surface area contributed by atoms with Gasteiger partial charge in [0.1, 0.15) is 0 Å². The molecule has 0 saturated heterocycles. The Morgan fingerprint density at radius 1 is 1.60 bits per heavy atom. The lowest BCUT2D eigenvalue weighted by Gasteiger charge is -2.04. The molecule has 0 rings (SSSR count). The quantitative estimate of drug-likeness (QED) is 0.483. The van der Waals surface area contributed by atoms with Crippen LogP contribution in [0.25, 0.3) is 0 Å². The fourth-order valence-corrected chi connectivity index (χ4v) is 0.827. The summed E-state index contributed by atoms with van der Waals surface area (Å²) < 4.78 is 0. The van der Waals surface area contributed by atoms with Gasteiger partial charge in [-0.05, 0) is 31.2 Å². The van der Waals surface area contributed by atoms with Crippen LogP contribution in [-0.2, 0) is 0 Å². The average molecular weight is 157 g/mol. The molecule has 1 unspecified atom stereocenters. The smallest absolute Gasteiger partial charge is 0.0372 e. The van der Waals surface area contributed by atoms with Crippen LogP contribution in [0, 0.1) is 0 Å². The van der Waals surface area contributed by atoms with E-state index in [0.717, 1.165) is 17.7 Å². The summed E-state index contributed by atoms with van der Waals surface area (Å²) in [6, 6.07) is 0. The third kappa shape index (κ3) is 2.53. The average Bonchev–Trinajstić information content (AvgIpc) is 2.00. The molecule has 1 nitrogen and oxygen atoms in total. The number of nitrogens with two attached hydrogens (primary N) is 1. The SMILES string of the molecule is C/C=C(C)\C(N)=C(\P)CC. The molecule has 10 heavy (non-hydrogen) atoms. The summed E-state index contributed by atoms with van der Waals surface area (Å²) in [6.07, 6.45) is 3.02. The lowest BCUT2D eigenvalue weighted by Crippen LogP contribution is -2.00. The second-order valence-electron chi connectivity index (χ2n) is 2.26. The number of hydrogen-bond acceptors (Lipinski definition) is 1. The Morgan fingerprint density at radius 3 is 2.40 bits per heavy atom. The molecule has 1 atom stereocenters. The molecule has 0 heterocycles. The van der Waals surface area contributed by atoms with E-state index in [1.54, 1.807) is 0 Å². The van der Waals surface area contributed by atoms with Crippen molar-refractivity contribution in [3.05, 3.63) is 22.7 Å². The van der Waals surface area contributed by atoms with E-state index in [0.29, 0.717) is 0 Å². The Labute approximate surface area is 65.6 Å². The van der Waals surface area contributed by atoms with Crippen molar-refractivity contribution in [3.63, 3.8) is 0 Å². The summed E-state index contributed by atoms with van der Waals surface area (Å²) in [5, 5.41) is 1.19. The zero-order valence-corrected chi connectivity index (χ0v) is 8.09. The van der Waals surface area contributed by atoms with Gasteiger partial charge in [-0.25, -0.2) is 0 Å². The molecular formula is C8H16NP. The van der Waals surface area contributed by atoms with Crippen molar-refractivity contribution in [1.82, 2.24) is 0 Å². The monoisotopic (exact) mass is 157 g/mol. The van der Waals surface area contributed by atoms with Gasteiger partial charge in [-0.1, -0.05) is 13.0 Å². The van der Waals surface area contributed by atoms with E-state index in [1.165, 1.54) is 5.31 Å². The fraction of sp³-hybridized carbons (Fsp3) is 0.500. The summed E-state index contributed by atoms with van der Waals surface area (Å²) in [4.78, 5) is 0. The molecular weight excluding hydrogens is 141 g/mol. The maximum atomic E-state index is 5.77. The van der Waals surface area contributed by atoms with Gasteiger partial charge < -0.3 is 5.73 Å². The Bertz CT molecular complexity index is 168. The van der Waals surface area contributed by atoms with Crippen LogP contribution in [0.5, 0.6) is 0 Å². The molecule has 58 valence electrons. The van der Waals surface area contributed by atoms with Gasteiger partial charge in [0, 0.05) is 5.70 Å². The first-order chi connectivity index (χ1) is 4.63. The predicted octanol–water partition coefficient (Wildman–Crippen LogP) is 2.41. The maximum Gasteiger partial charge on any atom is 0.0372 e. The normalized spacial score (nSPS) is 15.0. The molecule has 0 aromatic carbocycles. The molecule has 0 radical (unpaired) electrons. The van der Waals surface area contributed by atoms with Crippen molar-refractivity contribution >= 4 is 9.24 Å². The van der Waals surface area contributed by atoms with E-state index in [9.17, 15) is 0 Å². The predicted molar refractivity (Wildman–Crippen MR) is 50.6 cm³/mol. The highest BCUT2D eigenvalue weighted by Gasteiger charge is 1.95. The van der Waals surface area contributed by atoms with Crippen LogP contribution >= 0.6 is 9.24 Å². The van der Waals surface area contributed by atoms with Crippen LogP contribution in [0.1, 0.15) is 27.2 Å². The molecule has 0 spiro atoms. The lowest BCUT2D eigenvalue weighted by atomic mass is 10.2. The number of allylic oxidation sites excluding steroid dienone is 3. The number of hydrogen-bond donors (Lipinski definition) is 1. The van der Waals surface area contributed by atoms with Crippen molar-refractivity contribution in [1.29, 1.82) is 0 Å². The first-order valence-corrected chi connectivity index (χ1v) is 4.08. The molecule has 0 aliphatic carbocycles. The Morgan fingerprint density at radius 2 is 2.10 bits per heavy atom. The standard InChI is InChI=1S/C8H16NP/c1-4-6(3)8(9)7(10)5-2/h4H,5,9-10H2,1-3H3/b6-4-,8-7-. The van der Waals surface area contributed by atoms with Gasteiger partial charge in [-0.15, -0.1) is 9.24 Å². The van der Waals surface area contributed by atoms with Crippen molar-refractivity contribution in [2.75, 3.05) is 0 Å². The molecule has 0 bridgehead atoms. The highest BCUT2D eigenvalue weighted by Crippen LogP contribution is 2.17. The first-order valence-electron chi connectivity index (χ1n) is 3.50. The molecule has 0 aliphatic rings. The minimum absolute atomic E-state index is 0.912. The summed E-state index contributed by atoms with van der Waals surface area (Å²) >= 11 is 0. The Kier molecular flexibility index (Phi) is 4.38. The molecule has 2 N–H and O–H groups in total. The zero-order valence-electron chi connectivity index (χ0n) is 6.94. The van der Waals surface area contributed by atoms with Gasteiger partial charge in [-0.2, -0.15) is 0 Å². The van der Waals surface area contributed by atoms with Crippen LogP contribution in [0.3, 0.4) is 0 Å². The number of rotatable bonds is 2. The molecule has 0 fully saturated rings. The molecule has 0 aliphatic heterocycles. The first kappa shape index (κ1) is 9.71. The zero-order chi connectivity index (χ0) is 8.15. The van der Waals surface area contributed by atoms with Crippen LogP contribution < -0.4 is 5.73 Å². The Balaban J connectivity index is 4.46. The maximum absolute atomic E-state index is 5.77. The largest absolute Gasteiger partial charge is 0.398 e. The topological polar surface area (TPSA) is 26.0 Å². The van der Waals surface area contributed by atoms with Crippen molar-refractivity contribution < 1.29 is 0 Å². The summed E-state index contributed by atoms with van der Waals surface area (Å²) in [5.74, 6) is 0. The summed E-state index contributed by atoms with van der Waals surface area (Å²) in [7, 11) is 2.66. The van der Waals surface area contributed by atoms with E-state index in [4.69, 9.17) is 5.73 Å². The van der Waals surface area contributed by atoms with Gasteiger partial charge in [0.05, 0.1) is 0 Å². The van der Waals surface area contributed by atoms with E-state index in [-0.39, 0.29) is 0 Å². The van der Waals surface area contributed by atoms with E-state index < -0.39 is 0 Å². The highest BCUT2D eigenvalue weighted by molar-refractivity contribution is 7.22. The van der Waals surface area contributed by atoms with E-state index in [1.807, 2.05) is 19.9 Å². The third-order valence-electron chi connectivity index (χ3n) is 1.58. The van der Waals surface area contributed by atoms with Gasteiger partial charge in [0.25, 0.3) is 0 Å². The molecule has 0 aromatic rings. The van der Waals surface area contributed by atoms with Gasteiger partial charge in [0.2, 0.25) is 0 Å². The van der Waals surface area contributed by atoms with Crippen LogP contribution in [0.15, 0.2) is 22.7 Å². The lowest BCUT2D eigenvalue weighted by molar-refractivity contribution is 1.13. The molecule has 0 saturated carbocycles. The van der Waals surface area contributed by atoms with Crippen molar-refractivity contribution in [2.45, 2.75) is 27.2 Å². The van der Waals surface area contributed by atoms with Crippen LogP contribution in [0.4, 0.5) is 0 Å². The fourth-order valence-electron chi connectivity index (χ4n) is 0.599. The summed E-state index contributed by atoms with van der Waals surface area (Å²) in [6.45, 7) is 6.11. The third-order valence-corrected chi connectivity index (χ3v) is 2.30. The second kappa shape index (κ2) is 4.51. The van der Waals surface area contributed by atoms with E-state index >= 15 is 0 Å². The van der Waals surface area contributed by atoms with Gasteiger partial charge >= 0.3 is 0 Å². The highest BCUT2D eigenvalue weighted by atomic mass is 31.0. The van der Waals surface area contributed by atoms with Gasteiger partial charge in [0.15, 0.2) is 0 Å². The minimum Gasteiger partial charge on any atom is -0.398 e. The van der Waals surface area contributed by atoms with Crippen LogP contribution in [-0.4, -0.2) is 0 Å². The van der Waals surface area contributed by atoms with Crippen molar-refractivity contribution in [3.8, 4) is 0 Å². The summed E-state index contributed by atoms with van der Waals surface area (Å²) in [5.41, 5.74) is 7.84. The Hall–Kier alpha value is -0.290.